The Morgan fingerprint density at radius 3 is 2.44 bits per heavy atom. The average molecular weight is 370 g/mol. The second-order valence-corrected chi connectivity index (χ2v) is 7.03. The van der Waals surface area contributed by atoms with E-state index in [2.05, 4.69) is 10.2 Å². The lowest BCUT2D eigenvalue weighted by atomic mass is 10.0. The molecule has 2 aromatic carbocycles. The van der Waals surface area contributed by atoms with Gasteiger partial charge in [-0.3, -0.25) is 5.32 Å². The molecule has 0 saturated carbocycles. The van der Waals surface area contributed by atoms with Gasteiger partial charge in [0.05, 0.1) is 7.11 Å². The Kier molecular flexibility index (Phi) is 6.96. The first-order valence-electron chi connectivity index (χ1n) is 9.51. The van der Waals surface area contributed by atoms with Gasteiger partial charge in [-0.2, -0.15) is 0 Å². The minimum Gasteiger partial charge on any atom is -0.468 e. The van der Waals surface area contributed by atoms with E-state index in [1.54, 1.807) is 0 Å². The minimum absolute atomic E-state index is 0.191. The van der Waals surface area contributed by atoms with E-state index in [0.717, 1.165) is 50.0 Å². The van der Waals surface area contributed by atoms with Crippen LogP contribution >= 0.6 is 0 Å². The van der Waals surface area contributed by atoms with Crippen LogP contribution in [0.1, 0.15) is 30.0 Å². The lowest BCUT2D eigenvalue weighted by molar-refractivity contribution is -0.143. The first kappa shape index (κ1) is 19.5. The van der Waals surface area contributed by atoms with Gasteiger partial charge < -0.3 is 9.64 Å². The van der Waals surface area contributed by atoms with Crippen molar-refractivity contribution in [1.82, 2.24) is 10.2 Å². The van der Waals surface area contributed by atoms with Gasteiger partial charge in [0.25, 0.3) is 0 Å². The van der Waals surface area contributed by atoms with Gasteiger partial charge in [0, 0.05) is 12.6 Å². The van der Waals surface area contributed by atoms with Crippen molar-refractivity contribution in [2.45, 2.75) is 31.3 Å². The zero-order chi connectivity index (χ0) is 19.1. The molecule has 0 bridgehead atoms. The largest absolute Gasteiger partial charge is 0.468 e. The van der Waals surface area contributed by atoms with Gasteiger partial charge in [-0.25, -0.2) is 9.18 Å². The molecule has 5 heteroatoms. The van der Waals surface area contributed by atoms with Crippen LogP contribution in [0.25, 0.3) is 0 Å². The summed E-state index contributed by atoms with van der Waals surface area (Å²) in [6, 6.07) is 16.3. The molecular formula is C22H27FN2O2. The lowest BCUT2D eigenvalue weighted by Crippen LogP contribution is -2.45. The summed E-state index contributed by atoms with van der Waals surface area (Å²) in [5, 5.41) is 3.48. The second-order valence-electron chi connectivity index (χ2n) is 7.03. The number of benzene rings is 2. The number of ether oxygens (including phenoxy) is 1. The van der Waals surface area contributed by atoms with Crippen LogP contribution in [0.2, 0.25) is 0 Å². The molecule has 2 aromatic rings. The van der Waals surface area contributed by atoms with E-state index in [1.165, 1.54) is 19.2 Å². The number of methoxy groups -OCH3 is 1. The second kappa shape index (κ2) is 9.62. The van der Waals surface area contributed by atoms with Crippen molar-refractivity contribution in [1.29, 1.82) is 0 Å². The normalized spacial score (nSPS) is 16.8. The van der Waals surface area contributed by atoms with E-state index in [-0.39, 0.29) is 17.8 Å². The Balaban J connectivity index is 1.49. The Morgan fingerprint density at radius 1 is 1.15 bits per heavy atom. The van der Waals surface area contributed by atoms with Gasteiger partial charge in [0.2, 0.25) is 0 Å². The molecule has 0 aliphatic carbocycles. The molecule has 1 N–H and O–H groups in total. The van der Waals surface area contributed by atoms with Gasteiger partial charge in [-0.05, 0) is 55.6 Å². The molecule has 0 amide bonds. The predicted octanol–water partition coefficient (Wildman–Crippen LogP) is 3.34. The number of halogens is 1. The summed E-state index contributed by atoms with van der Waals surface area (Å²) in [7, 11) is 1.43. The van der Waals surface area contributed by atoms with Crippen LogP contribution in [0.5, 0.6) is 0 Å². The zero-order valence-electron chi connectivity index (χ0n) is 15.7. The average Bonchev–Trinajstić information content (AvgIpc) is 2.72. The maximum atomic E-state index is 13.0. The number of likely N-dealkylation sites (tertiary alicyclic amines) is 1. The van der Waals surface area contributed by atoms with Crippen molar-refractivity contribution >= 4 is 5.97 Å². The van der Waals surface area contributed by atoms with Gasteiger partial charge in [-0.15, -0.1) is 0 Å². The quantitative estimate of drug-likeness (QED) is 0.759. The fourth-order valence-electron chi connectivity index (χ4n) is 3.56. The minimum atomic E-state index is -0.424. The number of hydrogen-bond acceptors (Lipinski definition) is 4. The molecule has 27 heavy (non-hydrogen) atoms. The van der Waals surface area contributed by atoms with Crippen LogP contribution < -0.4 is 5.32 Å². The maximum Gasteiger partial charge on any atom is 0.327 e. The lowest BCUT2D eigenvalue weighted by Gasteiger charge is -2.34. The van der Waals surface area contributed by atoms with E-state index in [4.69, 9.17) is 4.74 Å². The SMILES string of the molecule is COC(=O)[C@@H](NC1CCN(CCc2ccc(F)cc2)CC1)c1ccccc1. The molecule has 0 spiro atoms. The fraction of sp³-hybridized carbons (Fsp3) is 0.409. The van der Waals surface area contributed by atoms with Crippen LogP contribution in [-0.4, -0.2) is 43.7 Å². The molecule has 1 aliphatic heterocycles. The number of nitrogens with one attached hydrogen (secondary N) is 1. The third kappa shape index (κ3) is 5.62. The number of rotatable bonds is 7. The molecular weight excluding hydrogens is 343 g/mol. The highest BCUT2D eigenvalue weighted by atomic mass is 19.1. The Morgan fingerprint density at radius 2 is 1.81 bits per heavy atom. The fourth-order valence-corrected chi connectivity index (χ4v) is 3.56. The molecule has 1 atom stereocenters. The van der Waals surface area contributed by atoms with Crippen LogP contribution in [0.4, 0.5) is 4.39 Å². The van der Waals surface area contributed by atoms with Crippen molar-refractivity contribution in [3.05, 3.63) is 71.5 Å². The molecule has 0 unspecified atom stereocenters. The molecule has 0 radical (unpaired) electrons. The first-order chi connectivity index (χ1) is 13.2. The number of esters is 1. The maximum absolute atomic E-state index is 13.0. The van der Waals surface area contributed by atoms with E-state index in [0.29, 0.717) is 0 Å². The summed E-state index contributed by atoms with van der Waals surface area (Å²) >= 11 is 0. The zero-order valence-corrected chi connectivity index (χ0v) is 15.7. The van der Waals surface area contributed by atoms with Crippen LogP contribution in [0.3, 0.4) is 0 Å². The first-order valence-corrected chi connectivity index (χ1v) is 9.51. The number of carbonyl (C=O) groups is 1. The summed E-state index contributed by atoms with van der Waals surface area (Å²) in [6.45, 7) is 2.94. The Labute approximate surface area is 160 Å². The highest BCUT2D eigenvalue weighted by Gasteiger charge is 2.27. The van der Waals surface area contributed by atoms with E-state index >= 15 is 0 Å². The van der Waals surface area contributed by atoms with Gasteiger partial charge in [-0.1, -0.05) is 42.5 Å². The summed E-state index contributed by atoms with van der Waals surface area (Å²) in [4.78, 5) is 14.6. The van der Waals surface area contributed by atoms with E-state index in [1.807, 2.05) is 42.5 Å². The molecule has 0 aromatic heterocycles. The molecule has 144 valence electrons. The summed E-state index contributed by atoms with van der Waals surface area (Å²) < 4.78 is 18.0. The molecule has 1 heterocycles. The third-order valence-corrected chi connectivity index (χ3v) is 5.19. The topological polar surface area (TPSA) is 41.6 Å². The molecule has 1 saturated heterocycles. The molecule has 1 aliphatic rings. The molecule has 1 fully saturated rings. The highest BCUT2D eigenvalue weighted by Crippen LogP contribution is 2.19. The number of piperidine rings is 1. The van der Waals surface area contributed by atoms with E-state index in [9.17, 15) is 9.18 Å². The van der Waals surface area contributed by atoms with Gasteiger partial charge >= 0.3 is 5.97 Å². The smallest absolute Gasteiger partial charge is 0.327 e. The van der Waals surface area contributed by atoms with Crippen LogP contribution in [0, 0.1) is 5.82 Å². The molecule has 4 nitrogen and oxygen atoms in total. The summed E-state index contributed by atoms with van der Waals surface area (Å²) in [6.07, 6.45) is 2.90. The van der Waals surface area contributed by atoms with E-state index < -0.39 is 6.04 Å². The monoisotopic (exact) mass is 370 g/mol. The third-order valence-electron chi connectivity index (χ3n) is 5.19. The Hall–Kier alpha value is -2.24. The summed E-state index contributed by atoms with van der Waals surface area (Å²) in [5.74, 6) is -0.441. The van der Waals surface area contributed by atoms with Gasteiger partial charge in [0.1, 0.15) is 11.9 Å². The van der Waals surface area contributed by atoms with Crippen molar-refractivity contribution in [2.24, 2.45) is 0 Å². The number of hydrogen-bond donors (Lipinski definition) is 1. The summed E-state index contributed by atoms with van der Waals surface area (Å²) in [5.41, 5.74) is 2.09. The van der Waals surface area contributed by atoms with Crippen LogP contribution in [0.15, 0.2) is 54.6 Å². The highest BCUT2D eigenvalue weighted by molar-refractivity contribution is 5.77. The Bertz CT molecular complexity index is 713. The van der Waals surface area contributed by atoms with Crippen LogP contribution in [-0.2, 0) is 16.0 Å². The van der Waals surface area contributed by atoms with Gasteiger partial charge in [0.15, 0.2) is 0 Å². The number of carbonyl (C=O) groups excluding carboxylic acids is 1. The molecule has 3 rings (SSSR count). The standard InChI is InChI=1S/C22H27FN2O2/c1-27-22(26)21(18-5-3-2-4-6-18)24-20-12-15-25(16-13-20)14-11-17-7-9-19(23)10-8-17/h2-10,20-21,24H,11-16H2,1H3/t21-/m0/s1. The number of nitrogens with zero attached hydrogens (tertiary/aromatic N) is 1. The van der Waals surface area contributed by atoms with Crippen molar-refractivity contribution in [2.75, 3.05) is 26.7 Å². The van der Waals surface area contributed by atoms with Crippen molar-refractivity contribution < 1.29 is 13.9 Å². The van der Waals surface area contributed by atoms with Crippen molar-refractivity contribution in [3.8, 4) is 0 Å². The predicted molar refractivity (Wildman–Crippen MR) is 104 cm³/mol. The van der Waals surface area contributed by atoms with Crippen molar-refractivity contribution in [3.63, 3.8) is 0 Å².